The van der Waals surface area contributed by atoms with E-state index in [1.54, 1.807) is 24.5 Å². The number of nitrogens with two attached hydrogens (primary N) is 1. The highest BCUT2D eigenvalue weighted by atomic mass is 32.2. The Bertz CT molecular complexity index is 675. The van der Waals surface area contributed by atoms with Crippen LogP contribution >= 0.6 is 0 Å². The molecule has 0 saturated carbocycles. The molecule has 0 unspecified atom stereocenters. The fourth-order valence-corrected chi connectivity index (χ4v) is 2.66. The maximum atomic E-state index is 13.1. The van der Waals surface area contributed by atoms with E-state index < -0.39 is 15.8 Å². The highest BCUT2D eigenvalue weighted by Crippen LogP contribution is 2.19. The van der Waals surface area contributed by atoms with Gasteiger partial charge in [0, 0.05) is 18.9 Å². The zero-order valence-electron chi connectivity index (χ0n) is 9.88. The molecule has 0 aliphatic rings. The van der Waals surface area contributed by atoms with Gasteiger partial charge in [0.15, 0.2) is 0 Å². The number of hydrogen-bond acceptors (Lipinski definition) is 4. The molecule has 1 aromatic heterocycles. The third kappa shape index (κ3) is 3.27. The first-order valence-electron chi connectivity index (χ1n) is 5.42. The summed E-state index contributed by atoms with van der Waals surface area (Å²) in [5.41, 5.74) is 6.30. The first kappa shape index (κ1) is 13.4. The summed E-state index contributed by atoms with van der Waals surface area (Å²) in [4.78, 5) is 3.56. The van der Waals surface area contributed by atoms with Gasteiger partial charge in [-0.2, -0.15) is 0 Å². The molecule has 0 radical (unpaired) electrons. The van der Waals surface area contributed by atoms with Gasteiger partial charge in [-0.1, -0.05) is 0 Å². The van der Waals surface area contributed by atoms with Crippen molar-refractivity contribution >= 4 is 15.7 Å². The Hall–Kier alpha value is -1.99. The van der Waals surface area contributed by atoms with Crippen molar-refractivity contribution < 1.29 is 12.8 Å². The summed E-state index contributed by atoms with van der Waals surface area (Å²) >= 11 is 0. The molecule has 19 heavy (non-hydrogen) atoms. The van der Waals surface area contributed by atoms with Crippen LogP contribution in [0.1, 0.15) is 5.56 Å². The van der Waals surface area contributed by atoms with E-state index in [9.17, 15) is 12.8 Å². The van der Waals surface area contributed by atoms with Gasteiger partial charge in [-0.15, -0.1) is 0 Å². The van der Waals surface area contributed by atoms with Gasteiger partial charge in [0.05, 0.1) is 5.69 Å². The second-order valence-corrected chi connectivity index (χ2v) is 5.60. The second-order valence-electron chi connectivity index (χ2n) is 3.86. The van der Waals surface area contributed by atoms with Crippen LogP contribution in [-0.2, 0) is 16.6 Å². The van der Waals surface area contributed by atoms with E-state index in [1.807, 2.05) is 0 Å². The standard InChI is InChI=1S/C12H12FN3O2S/c13-10-1-2-11(14)12(7-10)19(17,18)16-8-9-3-5-15-6-4-9/h1-7,16H,8,14H2. The normalized spacial score (nSPS) is 11.4. The van der Waals surface area contributed by atoms with Gasteiger partial charge >= 0.3 is 0 Å². The van der Waals surface area contributed by atoms with Gasteiger partial charge in [-0.25, -0.2) is 17.5 Å². The van der Waals surface area contributed by atoms with Crippen molar-refractivity contribution in [3.63, 3.8) is 0 Å². The summed E-state index contributed by atoms with van der Waals surface area (Å²) in [6, 6.07) is 6.58. The molecule has 1 heterocycles. The zero-order valence-corrected chi connectivity index (χ0v) is 10.7. The Labute approximate surface area is 110 Å². The topological polar surface area (TPSA) is 85.1 Å². The van der Waals surface area contributed by atoms with Crippen LogP contribution in [0.4, 0.5) is 10.1 Å². The lowest BCUT2D eigenvalue weighted by molar-refractivity contribution is 0.578. The molecule has 100 valence electrons. The number of nitrogen functional groups attached to an aromatic ring is 1. The molecule has 0 aliphatic carbocycles. The van der Waals surface area contributed by atoms with Crippen molar-refractivity contribution in [1.29, 1.82) is 0 Å². The Balaban J connectivity index is 2.21. The molecule has 5 nitrogen and oxygen atoms in total. The minimum Gasteiger partial charge on any atom is -0.398 e. The molecule has 0 aliphatic heterocycles. The predicted molar refractivity (Wildman–Crippen MR) is 69.1 cm³/mol. The molecule has 1 aromatic carbocycles. The van der Waals surface area contributed by atoms with Crippen LogP contribution in [-0.4, -0.2) is 13.4 Å². The number of nitrogens with one attached hydrogen (secondary N) is 1. The lowest BCUT2D eigenvalue weighted by Crippen LogP contribution is -2.24. The monoisotopic (exact) mass is 281 g/mol. The van der Waals surface area contributed by atoms with Crippen LogP contribution in [0, 0.1) is 5.82 Å². The molecule has 0 saturated heterocycles. The number of nitrogens with zero attached hydrogens (tertiary/aromatic N) is 1. The molecular formula is C12H12FN3O2S. The third-order valence-corrected chi connectivity index (χ3v) is 3.94. The molecule has 2 aromatic rings. The number of benzene rings is 1. The van der Waals surface area contributed by atoms with E-state index >= 15 is 0 Å². The molecule has 0 amide bonds. The van der Waals surface area contributed by atoms with Crippen molar-refractivity contribution in [2.75, 3.05) is 5.73 Å². The molecule has 7 heteroatoms. The summed E-state index contributed by atoms with van der Waals surface area (Å²) < 4.78 is 39.5. The van der Waals surface area contributed by atoms with Crippen LogP contribution in [0.2, 0.25) is 0 Å². The van der Waals surface area contributed by atoms with E-state index in [2.05, 4.69) is 9.71 Å². The maximum Gasteiger partial charge on any atom is 0.243 e. The predicted octanol–water partition coefficient (Wildman–Crippen LogP) is 1.28. The summed E-state index contributed by atoms with van der Waals surface area (Å²) in [6.07, 6.45) is 3.11. The van der Waals surface area contributed by atoms with Crippen LogP contribution in [0.3, 0.4) is 0 Å². The lowest BCUT2D eigenvalue weighted by Gasteiger charge is -2.09. The van der Waals surface area contributed by atoms with Crippen molar-refractivity contribution in [2.24, 2.45) is 0 Å². The molecule has 2 rings (SSSR count). The number of anilines is 1. The average molecular weight is 281 g/mol. The highest BCUT2D eigenvalue weighted by molar-refractivity contribution is 7.89. The van der Waals surface area contributed by atoms with Gasteiger partial charge in [0.2, 0.25) is 10.0 Å². The van der Waals surface area contributed by atoms with Gasteiger partial charge in [-0.05, 0) is 35.9 Å². The fourth-order valence-electron chi connectivity index (χ4n) is 1.50. The van der Waals surface area contributed by atoms with Crippen LogP contribution < -0.4 is 10.5 Å². The molecule has 0 fully saturated rings. The Morgan fingerprint density at radius 3 is 2.58 bits per heavy atom. The smallest absolute Gasteiger partial charge is 0.243 e. The number of hydrogen-bond donors (Lipinski definition) is 2. The average Bonchev–Trinajstić information content (AvgIpc) is 2.40. The minimum atomic E-state index is -3.85. The van der Waals surface area contributed by atoms with Crippen LogP contribution in [0.25, 0.3) is 0 Å². The van der Waals surface area contributed by atoms with E-state index in [0.29, 0.717) is 0 Å². The molecule has 0 spiro atoms. The highest BCUT2D eigenvalue weighted by Gasteiger charge is 2.17. The van der Waals surface area contributed by atoms with E-state index in [0.717, 1.165) is 17.7 Å². The number of pyridine rings is 1. The van der Waals surface area contributed by atoms with Gasteiger partial charge in [-0.3, -0.25) is 4.98 Å². The van der Waals surface area contributed by atoms with Crippen molar-refractivity contribution in [3.05, 3.63) is 54.1 Å². The molecule has 0 bridgehead atoms. The van der Waals surface area contributed by atoms with Gasteiger partial charge in [0.1, 0.15) is 10.7 Å². The summed E-state index contributed by atoms with van der Waals surface area (Å²) in [6.45, 7) is 0.0841. The van der Waals surface area contributed by atoms with Crippen molar-refractivity contribution in [2.45, 2.75) is 11.4 Å². The summed E-state index contributed by atoms with van der Waals surface area (Å²) in [7, 11) is -3.85. The number of aromatic nitrogens is 1. The van der Waals surface area contributed by atoms with E-state index in [1.165, 1.54) is 6.07 Å². The zero-order chi connectivity index (χ0) is 13.9. The Morgan fingerprint density at radius 2 is 1.89 bits per heavy atom. The van der Waals surface area contributed by atoms with Gasteiger partial charge in [0.25, 0.3) is 0 Å². The number of halogens is 1. The molecular weight excluding hydrogens is 269 g/mol. The summed E-state index contributed by atoms with van der Waals surface area (Å²) in [5, 5.41) is 0. The second kappa shape index (κ2) is 5.33. The Kier molecular flexibility index (Phi) is 3.77. The molecule has 3 N–H and O–H groups in total. The van der Waals surface area contributed by atoms with Crippen molar-refractivity contribution in [1.82, 2.24) is 9.71 Å². The van der Waals surface area contributed by atoms with E-state index in [-0.39, 0.29) is 17.1 Å². The number of rotatable bonds is 4. The Morgan fingerprint density at radius 1 is 1.21 bits per heavy atom. The lowest BCUT2D eigenvalue weighted by atomic mass is 10.3. The van der Waals surface area contributed by atoms with Gasteiger partial charge < -0.3 is 5.73 Å². The SMILES string of the molecule is Nc1ccc(F)cc1S(=O)(=O)NCc1ccncc1. The third-order valence-electron chi connectivity index (χ3n) is 2.48. The summed E-state index contributed by atoms with van der Waals surface area (Å²) in [5.74, 6) is -0.654. The first-order chi connectivity index (χ1) is 8.99. The quantitative estimate of drug-likeness (QED) is 0.827. The van der Waals surface area contributed by atoms with Crippen molar-refractivity contribution in [3.8, 4) is 0 Å². The van der Waals surface area contributed by atoms with E-state index in [4.69, 9.17) is 5.73 Å². The largest absolute Gasteiger partial charge is 0.398 e. The van der Waals surface area contributed by atoms with Crippen LogP contribution in [0.5, 0.6) is 0 Å². The van der Waals surface area contributed by atoms with Crippen LogP contribution in [0.15, 0.2) is 47.6 Å². The fraction of sp³-hybridized carbons (Fsp3) is 0.0833. The molecule has 0 atom stereocenters. The maximum absolute atomic E-state index is 13.1. The first-order valence-corrected chi connectivity index (χ1v) is 6.91. The number of sulfonamides is 1. The minimum absolute atomic E-state index is 0.00336.